The van der Waals surface area contributed by atoms with E-state index in [1.165, 1.54) is 9.88 Å². The lowest BCUT2D eigenvalue weighted by molar-refractivity contribution is 0.771. The molecule has 3 atom stereocenters. The zero-order chi connectivity index (χ0) is 16.8. The minimum atomic E-state index is 0.363. The number of nitrogens with zero attached hydrogens (tertiary/aromatic N) is 4. The van der Waals surface area contributed by atoms with Gasteiger partial charge in [-0.2, -0.15) is 0 Å². The molecule has 1 aliphatic carbocycles. The normalized spacial score (nSPS) is 26.8. The highest BCUT2D eigenvalue weighted by Crippen LogP contribution is 2.48. The van der Waals surface area contributed by atoms with Crippen molar-refractivity contribution in [1.29, 1.82) is 0 Å². The standard InChI is InChI=1S/C19H16N4S2/c1-11-16-14(22-18(24-16)12-2-6-20-7-3-12)10-15-17(11)25-19(23-15)13-4-8-21-9-5-13/h2-4,6-11,13,16H,5H2,1H3. The van der Waals surface area contributed by atoms with E-state index in [9.17, 15) is 0 Å². The Morgan fingerprint density at radius 3 is 2.88 bits per heavy atom. The van der Waals surface area contributed by atoms with Crippen molar-refractivity contribution in [3.05, 3.63) is 63.6 Å². The molecule has 0 bridgehead atoms. The molecule has 0 radical (unpaired) electrons. The monoisotopic (exact) mass is 364 g/mol. The summed E-state index contributed by atoms with van der Waals surface area (Å²) in [4.78, 5) is 19.5. The molecule has 0 aromatic carbocycles. The maximum atomic E-state index is 4.92. The lowest BCUT2D eigenvalue weighted by Gasteiger charge is -2.22. The topological polar surface area (TPSA) is 50.5 Å². The zero-order valence-corrected chi connectivity index (χ0v) is 15.3. The Hall–Kier alpha value is -2.05. The van der Waals surface area contributed by atoms with E-state index < -0.39 is 0 Å². The summed E-state index contributed by atoms with van der Waals surface area (Å²) < 4.78 is 0. The molecule has 3 aliphatic rings. The largest absolute Gasteiger partial charge is 0.269 e. The van der Waals surface area contributed by atoms with Crippen molar-refractivity contribution in [2.24, 2.45) is 9.98 Å². The Bertz CT molecular complexity index is 940. The second-order valence-corrected chi connectivity index (χ2v) is 8.56. The molecular weight excluding hydrogens is 348 g/mol. The second-order valence-electron chi connectivity index (χ2n) is 6.37. The summed E-state index contributed by atoms with van der Waals surface area (Å²) in [6, 6.07) is 4.05. The molecule has 0 amide bonds. The number of hydrogen-bond donors (Lipinski definition) is 0. The Balaban J connectivity index is 1.50. The number of thioether (sulfide) groups is 1. The summed E-state index contributed by atoms with van der Waals surface area (Å²) in [6.45, 7) is 2.30. The van der Waals surface area contributed by atoms with Crippen LogP contribution in [0, 0.1) is 0 Å². The molecule has 0 N–H and O–H groups in total. The van der Waals surface area contributed by atoms with Gasteiger partial charge in [-0.05, 0) is 24.6 Å². The van der Waals surface area contributed by atoms with E-state index in [-0.39, 0.29) is 0 Å². The van der Waals surface area contributed by atoms with Gasteiger partial charge in [0.05, 0.1) is 16.6 Å². The minimum absolute atomic E-state index is 0.363. The summed E-state index contributed by atoms with van der Waals surface area (Å²) in [5, 5.41) is 2.67. The van der Waals surface area contributed by atoms with E-state index in [2.05, 4.69) is 29.1 Å². The van der Waals surface area contributed by atoms with Crippen molar-refractivity contribution in [2.75, 3.05) is 0 Å². The van der Waals surface area contributed by atoms with Crippen LogP contribution in [0.4, 0.5) is 0 Å². The Labute approximate surface area is 154 Å². The molecule has 4 heterocycles. The highest BCUT2D eigenvalue weighted by atomic mass is 32.2. The molecule has 124 valence electrons. The van der Waals surface area contributed by atoms with Gasteiger partial charge in [0.15, 0.2) is 0 Å². The molecule has 0 fully saturated rings. The molecule has 4 nitrogen and oxygen atoms in total. The van der Waals surface area contributed by atoms with Crippen LogP contribution in [0.3, 0.4) is 0 Å². The van der Waals surface area contributed by atoms with Gasteiger partial charge >= 0.3 is 0 Å². The quantitative estimate of drug-likeness (QED) is 0.781. The second kappa shape index (κ2) is 6.04. The van der Waals surface area contributed by atoms with Gasteiger partial charge in [-0.25, -0.2) is 9.98 Å². The first-order valence-corrected chi connectivity index (χ1v) is 10.1. The Kier molecular flexibility index (Phi) is 3.68. The van der Waals surface area contributed by atoms with Gasteiger partial charge in [0.2, 0.25) is 0 Å². The average Bonchev–Trinajstić information content (AvgIpc) is 3.28. The third-order valence-electron chi connectivity index (χ3n) is 4.72. The van der Waals surface area contributed by atoms with Crippen LogP contribution in [0.15, 0.2) is 52.5 Å². The van der Waals surface area contributed by atoms with Gasteiger partial charge in [-0.15, -0.1) is 11.3 Å². The highest BCUT2D eigenvalue weighted by Gasteiger charge is 2.37. The highest BCUT2D eigenvalue weighted by molar-refractivity contribution is 8.15. The van der Waals surface area contributed by atoms with Gasteiger partial charge in [-0.1, -0.05) is 24.8 Å². The van der Waals surface area contributed by atoms with Gasteiger partial charge in [-0.3, -0.25) is 9.98 Å². The first-order chi connectivity index (χ1) is 12.3. The molecule has 0 saturated heterocycles. The van der Waals surface area contributed by atoms with Gasteiger partial charge in [0.1, 0.15) is 10.1 Å². The van der Waals surface area contributed by atoms with E-state index in [1.807, 2.05) is 60.0 Å². The number of rotatable bonds is 2. The maximum Gasteiger partial charge on any atom is 0.104 e. The number of thiazole rings is 1. The first-order valence-electron chi connectivity index (χ1n) is 8.36. The molecular formula is C19H16N4S2. The fourth-order valence-electron chi connectivity index (χ4n) is 3.37. The van der Waals surface area contributed by atoms with Crippen LogP contribution in [-0.2, 0) is 0 Å². The van der Waals surface area contributed by atoms with Crippen molar-refractivity contribution >= 4 is 40.4 Å². The predicted octanol–water partition coefficient (Wildman–Crippen LogP) is 4.63. The molecule has 5 rings (SSSR count). The zero-order valence-electron chi connectivity index (χ0n) is 13.7. The summed E-state index contributed by atoms with van der Waals surface area (Å²) in [6.07, 6.45) is 12.8. The smallest absolute Gasteiger partial charge is 0.104 e. The van der Waals surface area contributed by atoms with Gasteiger partial charge in [0, 0.05) is 47.1 Å². The van der Waals surface area contributed by atoms with Crippen molar-refractivity contribution in [3.63, 3.8) is 0 Å². The molecule has 6 heteroatoms. The number of fused-ring (bicyclic) bond motifs is 2. The molecule has 3 unspecified atom stereocenters. The van der Waals surface area contributed by atoms with Gasteiger partial charge in [0.25, 0.3) is 0 Å². The van der Waals surface area contributed by atoms with Crippen molar-refractivity contribution in [2.45, 2.75) is 30.4 Å². The van der Waals surface area contributed by atoms with Crippen molar-refractivity contribution < 1.29 is 0 Å². The Morgan fingerprint density at radius 1 is 1.20 bits per heavy atom. The lowest BCUT2D eigenvalue weighted by Crippen LogP contribution is -2.15. The first kappa shape index (κ1) is 15.2. The number of pyridine rings is 1. The van der Waals surface area contributed by atoms with Crippen LogP contribution in [0.5, 0.6) is 0 Å². The van der Waals surface area contributed by atoms with E-state index in [4.69, 9.17) is 9.98 Å². The van der Waals surface area contributed by atoms with Gasteiger partial charge < -0.3 is 0 Å². The van der Waals surface area contributed by atoms with Crippen LogP contribution >= 0.6 is 23.1 Å². The molecule has 2 aliphatic heterocycles. The molecule has 25 heavy (non-hydrogen) atoms. The predicted molar refractivity (Wildman–Crippen MR) is 106 cm³/mol. The van der Waals surface area contributed by atoms with Crippen LogP contribution in [-0.4, -0.2) is 26.5 Å². The van der Waals surface area contributed by atoms with E-state index in [1.54, 1.807) is 0 Å². The summed E-state index contributed by atoms with van der Waals surface area (Å²) in [5.41, 5.74) is 3.40. The lowest BCUT2D eigenvalue weighted by atomic mass is 9.96. The van der Waals surface area contributed by atoms with E-state index >= 15 is 0 Å². The number of hydrogen-bond acceptors (Lipinski definition) is 6. The third kappa shape index (κ3) is 2.60. The molecule has 2 aromatic rings. The summed E-state index contributed by atoms with van der Waals surface area (Å²) >= 11 is 3.71. The fraction of sp³-hybridized carbons (Fsp3) is 0.263. The minimum Gasteiger partial charge on any atom is -0.269 e. The summed E-state index contributed by atoms with van der Waals surface area (Å²) in [7, 11) is 0. The van der Waals surface area contributed by atoms with Crippen LogP contribution < -0.4 is 0 Å². The van der Waals surface area contributed by atoms with Crippen LogP contribution in [0.25, 0.3) is 6.08 Å². The maximum absolute atomic E-state index is 4.92. The van der Waals surface area contributed by atoms with E-state index in [0.717, 1.165) is 28.4 Å². The van der Waals surface area contributed by atoms with E-state index in [0.29, 0.717) is 17.1 Å². The number of aliphatic imine (C=N–C) groups is 2. The van der Waals surface area contributed by atoms with Crippen LogP contribution in [0.1, 0.15) is 46.3 Å². The number of allylic oxidation sites excluding steroid dienone is 1. The van der Waals surface area contributed by atoms with Crippen LogP contribution in [0.2, 0.25) is 0 Å². The Morgan fingerprint density at radius 2 is 2.08 bits per heavy atom. The number of aromatic nitrogens is 2. The molecule has 2 aromatic heterocycles. The van der Waals surface area contributed by atoms with Crippen molar-refractivity contribution in [1.82, 2.24) is 9.97 Å². The average molecular weight is 364 g/mol. The van der Waals surface area contributed by atoms with Crippen molar-refractivity contribution in [3.8, 4) is 0 Å². The third-order valence-corrected chi connectivity index (χ3v) is 7.58. The molecule has 0 spiro atoms. The molecule has 0 saturated carbocycles. The summed E-state index contributed by atoms with van der Waals surface area (Å²) in [5.74, 6) is 0.789. The fourth-order valence-corrected chi connectivity index (χ4v) is 5.93. The SMILES string of the molecule is CC1c2sc(C3C=CN=CC3)nc2C=C2N=C(c3ccncc3)SC21.